The van der Waals surface area contributed by atoms with Crippen LogP contribution in [0.15, 0.2) is 6.20 Å². The summed E-state index contributed by atoms with van der Waals surface area (Å²) in [5, 5.41) is 17.7. The molecule has 1 saturated heterocycles. The number of sulfonamides is 1. The fraction of sp³-hybridized carbons (Fsp3) is 0.667. The van der Waals surface area contributed by atoms with Gasteiger partial charge in [-0.25, -0.2) is 22.3 Å². The van der Waals surface area contributed by atoms with Gasteiger partial charge >= 0.3 is 0 Å². The van der Waals surface area contributed by atoms with Gasteiger partial charge in [0.05, 0.1) is 35.3 Å². The molecule has 1 saturated carbocycles. The molecule has 31 heavy (non-hydrogen) atoms. The molecule has 3 heterocycles. The maximum absolute atomic E-state index is 14.7. The number of alkyl halides is 1. The van der Waals surface area contributed by atoms with E-state index in [1.54, 1.807) is 6.20 Å². The van der Waals surface area contributed by atoms with Gasteiger partial charge in [0, 0.05) is 18.5 Å². The van der Waals surface area contributed by atoms with Crippen LogP contribution >= 0.6 is 0 Å². The molecule has 2 atom stereocenters. The lowest BCUT2D eigenvalue weighted by Crippen LogP contribution is -2.49. The first-order valence-corrected chi connectivity index (χ1v) is 12.8. The molecule has 2 aliphatic rings. The largest absolute Gasteiger partial charge is 0.347 e. The topological polar surface area (TPSA) is 103 Å². The number of piperidine rings is 1. The van der Waals surface area contributed by atoms with E-state index in [1.165, 1.54) is 0 Å². The lowest BCUT2D eigenvalue weighted by atomic mass is 9.64. The number of halogens is 1. The molecule has 4 rings (SSSR count). The normalized spacial score (nSPS) is 24.0. The van der Waals surface area contributed by atoms with Crippen LogP contribution in [-0.2, 0) is 21.9 Å². The highest BCUT2D eigenvalue weighted by molar-refractivity contribution is 7.88. The molecule has 0 unspecified atom stereocenters. The van der Waals surface area contributed by atoms with E-state index in [0.717, 1.165) is 53.0 Å². The first kappa shape index (κ1) is 22.0. The zero-order chi connectivity index (χ0) is 22.4. The van der Waals surface area contributed by atoms with Gasteiger partial charge in [0.1, 0.15) is 12.2 Å². The van der Waals surface area contributed by atoms with Gasteiger partial charge < -0.3 is 5.32 Å². The van der Waals surface area contributed by atoms with Crippen molar-refractivity contribution in [1.82, 2.24) is 18.9 Å². The Morgan fingerprint density at radius 1 is 1.39 bits per heavy atom. The fourth-order valence-corrected chi connectivity index (χ4v) is 5.86. The van der Waals surface area contributed by atoms with Crippen molar-refractivity contribution in [1.29, 1.82) is 5.26 Å². The third-order valence-electron chi connectivity index (χ3n) is 7.03. The molecule has 1 N–H and O–H groups in total. The van der Waals surface area contributed by atoms with E-state index in [9.17, 15) is 18.1 Å². The summed E-state index contributed by atoms with van der Waals surface area (Å²) >= 11 is 0. The highest BCUT2D eigenvalue weighted by atomic mass is 32.2. The lowest BCUT2D eigenvalue weighted by molar-refractivity contribution is 0.186. The molecule has 0 spiro atoms. The zero-order valence-corrected chi connectivity index (χ0v) is 19.0. The van der Waals surface area contributed by atoms with Crippen LogP contribution in [0.25, 0.3) is 5.52 Å². The predicted octanol–water partition coefficient (Wildman–Crippen LogP) is 2.78. The van der Waals surface area contributed by atoms with Crippen molar-refractivity contribution in [2.24, 2.45) is 0 Å². The molecule has 0 bridgehead atoms. The minimum atomic E-state index is -3.41. The van der Waals surface area contributed by atoms with Crippen LogP contribution in [-0.4, -0.2) is 58.9 Å². The van der Waals surface area contributed by atoms with E-state index in [-0.39, 0.29) is 18.5 Å². The summed E-state index contributed by atoms with van der Waals surface area (Å²) in [7, 11) is -3.41. The van der Waals surface area contributed by atoms with Crippen LogP contribution in [0.4, 0.5) is 10.3 Å². The number of nitrogens with one attached hydrogen (secondary N) is 1. The first-order valence-electron chi connectivity index (χ1n) is 10.9. The molecule has 8 nitrogen and oxygen atoms in total. The molecule has 2 aromatic rings. The quantitative estimate of drug-likeness (QED) is 0.729. The average Bonchev–Trinajstić information content (AvgIpc) is 3.01. The molecule has 10 heteroatoms. The second-order valence-corrected chi connectivity index (χ2v) is 10.7. The van der Waals surface area contributed by atoms with Gasteiger partial charge in [-0.2, -0.15) is 9.57 Å². The molecule has 1 aliphatic carbocycles. The van der Waals surface area contributed by atoms with Crippen molar-refractivity contribution in [2.75, 3.05) is 24.7 Å². The monoisotopic (exact) mass is 448 g/mol. The second kappa shape index (κ2) is 8.02. The third-order valence-corrected chi connectivity index (χ3v) is 8.30. The Labute approximate surface area is 182 Å². The number of aromatic nitrogens is 3. The Morgan fingerprint density at radius 3 is 2.65 bits per heavy atom. The molecule has 0 radical (unpaired) electrons. The van der Waals surface area contributed by atoms with E-state index < -0.39 is 22.2 Å². The summed E-state index contributed by atoms with van der Waals surface area (Å²) in [6.07, 6.45) is 6.59. The number of hydrogen-bond acceptors (Lipinski definition) is 6. The van der Waals surface area contributed by atoms with E-state index in [2.05, 4.69) is 28.4 Å². The standard InChI is InChI=1S/C21H29FN6O2S/c1-4-14-15(11-23)19(21(5-2)8-6-9-21)28-18(14)12-24-20(26-28)25-17-7-10-27(13-16(17)22)31(3,29)30/h12,16-17H,4-10,13H2,1-3H3,(H,25,26)/t16-,17-/m1/s1. The van der Waals surface area contributed by atoms with Gasteiger partial charge in [0.15, 0.2) is 0 Å². The molecule has 168 valence electrons. The van der Waals surface area contributed by atoms with Crippen LogP contribution in [0, 0.1) is 11.3 Å². The van der Waals surface area contributed by atoms with Crippen LogP contribution in [0.3, 0.4) is 0 Å². The van der Waals surface area contributed by atoms with Crippen LogP contribution in [0.1, 0.15) is 62.8 Å². The summed E-state index contributed by atoms with van der Waals surface area (Å²) < 4.78 is 41.2. The SMILES string of the molecule is CCc1c(C#N)c(C2(CC)CCC2)n2nc(N[C@@H]3CCN(S(C)(=O)=O)C[C@H]3F)ncc12. The minimum Gasteiger partial charge on any atom is -0.347 e. The van der Waals surface area contributed by atoms with E-state index in [4.69, 9.17) is 0 Å². The lowest BCUT2D eigenvalue weighted by Gasteiger charge is -2.41. The number of nitriles is 1. The highest BCUT2D eigenvalue weighted by Gasteiger charge is 2.42. The van der Waals surface area contributed by atoms with Gasteiger partial charge in [0.25, 0.3) is 0 Å². The molecule has 0 amide bonds. The van der Waals surface area contributed by atoms with Gasteiger partial charge in [-0.15, -0.1) is 5.10 Å². The van der Waals surface area contributed by atoms with Crippen molar-refractivity contribution in [3.8, 4) is 6.07 Å². The van der Waals surface area contributed by atoms with Crippen LogP contribution in [0.5, 0.6) is 0 Å². The van der Waals surface area contributed by atoms with Gasteiger partial charge in [-0.05, 0) is 37.7 Å². The summed E-state index contributed by atoms with van der Waals surface area (Å²) in [5.41, 5.74) is 3.36. The average molecular weight is 449 g/mol. The molecule has 1 aliphatic heterocycles. The van der Waals surface area contributed by atoms with Gasteiger partial charge in [0.2, 0.25) is 16.0 Å². The molecular formula is C21H29FN6O2S. The number of fused-ring (bicyclic) bond motifs is 1. The summed E-state index contributed by atoms with van der Waals surface area (Å²) in [6, 6.07) is 1.84. The van der Waals surface area contributed by atoms with E-state index in [1.807, 2.05) is 11.4 Å². The van der Waals surface area contributed by atoms with E-state index in [0.29, 0.717) is 24.4 Å². The Kier molecular flexibility index (Phi) is 5.68. The number of hydrogen-bond donors (Lipinski definition) is 1. The summed E-state index contributed by atoms with van der Waals surface area (Å²) in [5.74, 6) is 0.293. The minimum absolute atomic E-state index is 0.0591. The predicted molar refractivity (Wildman–Crippen MR) is 116 cm³/mol. The second-order valence-electron chi connectivity index (χ2n) is 8.71. The van der Waals surface area contributed by atoms with Gasteiger partial charge in [-0.1, -0.05) is 20.3 Å². The van der Waals surface area contributed by atoms with E-state index >= 15 is 0 Å². The molecule has 2 fully saturated rings. The van der Waals surface area contributed by atoms with Crippen molar-refractivity contribution in [2.45, 2.75) is 70.0 Å². The first-order chi connectivity index (χ1) is 14.7. The summed E-state index contributed by atoms with van der Waals surface area (Å²) in [6.45, 7) is 4.25. The number of nitrogens with zero attached hydrogens (tertiary/aromatic N) is 5. The van der Waals surface area contributed by atoms with Crippen molar-refractivity contribution >= 4 is 21.5 Å². The Morgan fingerprint density at radius 2 is 2.13 bits per heavy atom. The molecule has 2 aromatic heterocycles. The van der Waals surface area contributed by atoms with Crippen molar-refractivity contribution in [3.63, 3.8) is 0 Å². The number of rotatable bonds is 6. The number of aryl methyl sites for hydroxylation is 1. The Balaban J connectivity index is 1.69. The zero-order valence-electron chi connectivity index (χ0n) is 18.2. The maximum Gasteiger partial charge on any atom is 0.241 e. The Hall–Kier alpha value is -2.25. The van der Waals surface area contributed by atoms with Crippen LogP contribution < -0.4 is 5.32 Å². The van der Waals surface area contributed by atoms with Crippen molar-refractivity contribution < 1.29 is 12.8 Å². The Bertz CT molecular complexity index is 1130. The molecular weight excluding hydrogens is 419 g/mol. The summed E-state index contributed by atoms with van der Waals surface area (Å²) in [4.78, 5) is 4.40. The smallest absolute Gasteiger partial charge is 0.241 e. The van der Waals surface area contributed by atoms with Gasteiger partial charge in [-0.3, -0.25) is 0 Å². The maximum atomic E-state index is 14.7. The van der Waals surface area contributed by atoms with Crippen LogP contribution in [0.2, 0.25) is 0 Å². The fourth-order valence-electron chi connectivity index (χ4n) is 5.01. The molecule has 0 aromatic carbocycles. The number of anilines is 1. The van der Waals surface area contributed by atoms with Crippen molar-refractivity contribution in [3.05, 3.63) is 23.0 Å². The third kappa shape index (κ3) is 3.68. The highest BCUT2D eigenvalue weighted by Crippen LogP contribution is 2.48.